The Bertz CT molecular complexity index is 318. The number of aromatic nitrogens is 4. The molecule has 54 valence electrons. The van der Waals surface area contributed by atoms with Crippen LogP contribution in [-0.2, 0) is 0 Å². The van der Waals surface area contributed by atoms with Crippen LogP contribution >= 0.6 is 11.5 Å². The van der Waals surface area contributed by atoms with Crippen LogP contribution in [0.25, 0.3) is 10.7 Å². The summed E-state index contributed by atoms with van der Waals surface area (Å²) in [4.78, 5) is 8.04. The van der Waals surface area contributed by atoms with Gasteiger partial charge in [-0.3, -0.25) is 0 Å². The Morgan fingerprint density at radius 1 is 1.45 bits per heavy atom. The molecule has 0 saturated heterocycles. The van der Waals surface area contributed by atoms with E-state index in [1.54, 1.807) is 12.4 Å². The van der Waals surface area contributed by atoms with Gasteiger partial charge in [0.25, 0.3) is 0 Å². The van der Waals surface area contributed by atoms with Crippen LogP contribution in [0.4, 0.5) is 0 Å². The van der Waals surface area contributed by atoms with Crippen molar-refractivity contribution in [3.05, 3.63) is 24.7 Å². The van der Waals surface area contributed by atoms with Crippen LogP contribution in [-0.4, -0.2) is 14.6 Å². The number of aromatic amines is 1. The van der Waals surface area contributed by atoms with E-state index >= 15 is 0 Å². The van der Waals surface area contributed by atoms with Crippen LogP contribution in [0.1, 0.15) is 0 Å². The van der Waals surface area contributed by atoms with E-state index in [1.165, 1.54) is 11.5 Å². The lowest BCUT2D eigenvalue weighted by Gasteiger charge is -1.80. The number of nitrogens with zero attached hydrogens (tertiary/aromatic N) is 3. The second kappa shape index (κ2) is 2.71. The third-order valence-corrected chi connectivity index (χ3v) is 1.87. The number of nitrogens with one attached hydrogen (secondary N) is 1. The average molecular weight is 165 g/mol. The number of rotatable bonds is 1. The first-order valence-corrected chi connectivity index (χ1v) is 3.84. The summed E-state index contributed by atoms with van der Waals surface area (Å²) in [5.41, 5.74) is 0. The molecule has 2 aromatic heterocycles. The van der Waals surface area contributed by atoms with Gasteiger partial charge in [-0.25, -0.2) is 4.98 Å². The van der Waals surface area contributed by atoms with Crippen molar-refractivity contribution in [1.29, 1.82) is 0 Å². The van der Waals surface area contributed by atoms with Crippen molar-refractivity contribution in [1.82, 2.24) is 14.6 Å². The first kappa shape index (κ1) is 6.36. The molecule has 0 saturated carbocycles. The summed E-state index contributed by atoms with van der Waals surface area (Å²) >= 11 is 1.32. The highest BCUT2D eigenvalue weighted by molar-refractivity contribution is 7.09. The van der Waals surface area contributed by atoms with Gasteiger partial charge < -0.3 is 0 Å². The van der Waals surface area contributed by atoms with Crippen LogP contribution < -0.4 is 4.98 Å². The van der Waals surface area contributed by atoms with Gasteiger partial charge in [-0.2, -0.15) is 0 Å². The second-order valence-electron chi connectivity index (χ2n) is 1.91. The second-order valence-corrected chi connectivity index (χ2v) is 2.70. The lowest BCUT2D eigenvalue weighted by Crippen LogP contribution is -2.05. The summed E-state index contributed by atoms with van der Waals surface area (Å²) in [6, 6.07) is 1.83. The molecule has 1 N–H and O–H groups in total. The van der Waals surface area contributed by atoms with Crippen LogP contribution in [0.15, 0.2) is 24.7 Å². The molecule has 0 aliphatic carbocycles. The highest BCUT2D eigenvalue weighted by Gasteiger charge is 2.08. The van der Waals surface area contributed by atoms with Crippen molar-refractivity contribution in [3.63, 3.8) is 0 Å². The van der Waals surface area contributed by atoms with E-state index in [0.29, 0.717) is 0 Å². The van der Waals surface area contributed by atoms with Gasteiger partial charge in [0.05, 0.1) is 12.4 Å². The summed E-state index contributed by atoms with van der Waals surface area (Å²) in [7, 11) is 0. The zero-order chi connectivity index (χ0) is 7.52. The monoisotopic (exact) mass is 165 g/mol. The molecule has 0 unspecified atom stereocenters. The Hall–Kier alpha value is -1.36. The summed E-state index contributed by atoms with van der Waals surface area (Å²) in [5, 5.41) is 3.71. The van der Waals surface area contributed by atoms with Crippen LogP contribution in [0.3, 0.4) is 0 Å². The molecule has 0 amide bonds. The van der Waals surface area contributed by atoms with Crippen LogP contribution in [0, 0.1) is 0 Å². The molecule has 11 heavy (non-hydrogen) atoms. The summed E-state index contributed by atoms with van der Waals surface area (Å²) < 4.78 is 3.73. The molecule has 0 radical (unpaired) electrons. The Labute approximate surface area is 67.1 Å². The average Bonchev–Trinajstić information content (AvgIpc) is 2.58. The quantitative estimate of drug-likeness (QED) is 0.615. The molecule has 0 atom stereocenters. The predicted octanol–water partition coefficient (Wildman–Crippen LogP) is 0.414. The molecule has 4 nitrogen and oxygen atoms in total. The van der Waals surface area contributed by atoms with Crippen molar-refractivity contribution < 1.29 is 4.98 Å². The highest BCUT2D eigenvalue weighted by atomic mass is 32.1. The predicted molar refractivity (Wildman–Crippen MR) is 39.7 cm³/mol. The molecule has 2 rings (SSSR count). The fourth-order valence-electron chi connectivity index (χ4n) is 0.731. The van der Waals surface area contributed by atoms with Gasteiger partial charge in [0.15, 0.2) is 4.88 Å². The fourth-order valence-corrected chi connectivity index (χ4v) is 1.21. The largest absolute Gasteiger partial charge is 0.341 e. The van der Waals surface area contributed by atoms with Crippen molar-refractivity contribution in [2.24, 2.45) is 0 Å². The van der Waals surface area contributed by atoms with Gasteiger partial charge in [0, 0.05) is 6.07 Å². The van der Waals surface area contributed by atoms with Crippen molar-refractivity contribution in [3.8, 4) is 10.7 Å². The van der Waals surface area contributed by atoms with Crippen LogP contribution in [0.2, 0.25) is 0 Å². The van der Waals surface area contributed by atoms with Gasteiger partial charge in [-0.1, -0.05) is 4.49 Å². The maximum absolute atomic E-state index is 4.10. The Morgan fingerprint density at radius 2 is 2.45 bits per heavy atom. The molecule has 0 fully saturated rings. The van der Waals surface area contributed by atoms with E-state index < -0.39 is 0 Å². The van der Waals surface area contributed by atoms with E-state index in [9.17, 15) is 0 Å². The standard InChI is InChI=1S/C6H4N4S/c1-2-7-6(8-3-1)5-4-9-10-11-5/h1-4H/p+1. The summed E-state index contributed by atoms with van der Waals surface area (Å²) in [6.45, 7) is 0. The van der Waals surface area contributed by atoms with E-state index in [-0.39, 0.29) is 0 Å². The fraction of sp³-hybridized carbons (Fsp3) is 0. The first-order chi connectivity index (χ1) is 5.47. The van der Waals surface area contributed by atoms with Gasteiger partial charge in [-0.15, -0.1) is 5.10 Å². The van der Waals surface area contributed by atoms with Crippen molar-refractivity contribution >= 4 is 11.5 Å². The van der Waals surface area contributed by atoms with E-state index in [0.717, 1.165) is 10.7 Å². The molecule has 2 aromatic rings. The molecule has 0 bridgehead atoms. The zero-order valence-electron chi connectivity index (χ0n) is 5.56. The zero-order valence-corrected chi connectivity index (χ0v) is 6.38. The lowest BCUT2D eigenvalue weighted by atomic mass is 10.5. The van der Waals surface area contributed by atoms with Gasteiger partial charge >= 0.3 is 5.82 Å². The normalized spacial score (nSPS) is 9.82. The molecular formula is C6H5N4S+. The van der Waals surface area contributed by atoms with Crippen molar-refractivity contribution in [2.45, 2.75) is 0 Å². The maximum Gasteiger partial charge on any atom is 0.341 e. The van der Waals surface area contributed by atoms with E-state index in [4.69, 9.17) is 0 Å². The summed E-state index contributed by atoms with van der Waals surface area (Å²) in [5.74, 6) is 0.808. The highest BCUT2D eigenvalue weighted by Crippen LogP contribution is 2.12. The van der Waals surface area contributed by atoms with Gasteiger partial charge in [0.1, 0.15) is 6.20 Å². The number of hydrogen-bond donors (Lipinski definition) is 0. The Balaban J connectivity index is 2.46. The molecule has 0 spiro atoms. The van der Waals surface area contributed by atoms with Crippen LogP contribution in [0.5, 0.6) is 0 Å². The maximum atomic E-state index is 4.10. The molecule has 0 aliphatic rings. The smallest absolute Gasteiger partial charge is 0.243 e. The minimum absolute atomic E-state index is 0.808. The van der Waals surface area contributed by atoms with E-state index in [1.807, 2.05) is 12.3 Å². The molecule has 2 heterocycles. The Morgan fingerprint density at radius 3 is 3.09 bits per heavy atom. The third-order valence-electron chi connectivity index (χ3n) is 1.20. The Kier molecular flexibility index (Phi) is 1.57. The topological polar surface area (TPSA) is 52.8 Å². The third kappa shape index (κ3) is 1.22. The lowest BCUT2D eigenvalue weighted by molar-refractivity contribution is -0.368. The molecular weight excluding hydrogens is 160 g/mol. The van der Waals surface area contributed by atoms with Gasteiger partial charge in [0.2, 0.25) is 0 Å². The molecule has 0 aromatic carbocycles. The van der Waals surface area contributed by atoms with Crippen molar-refractivity contribution in [2.75, 3.05) is 0 Å². The molecule has 5 heteroatoms. The minimum Gasteiger partial charge on any atom is -0.243 e. The van der Waals surface area contributed by atoms with Gasteiger partial charge in [-0.05, 0) is 16.5 Å². The first-order valence-electron chi connectivity index (χ1n) is 3.07. The minimum atomic E-state index is 0.808. The van der Waals surface area contributed by atoms with E-state index in [2.05, 4.69) is 19.6 Å². The SMILES string of the molecule is c1cnc(-c2cnns2)[nH+]c1. The molecule has 0 aliphatic heterocycles. The number of hydrogen-bond acceptors (Lipinski definition) is 4. The number of H-pyrrole nitrogens is 1. The summed E-state index contributed by atoms with van der Waals surface area (Å²) in [6.07, 6.45) is 5.23.